The van der Waals surface area contributed by atoms with Crippen LogP contribution in [0.15, 0.2) is 24.4 Å². The van der Waals surface area contributed by atoms with Crippen LogP contribution < -0.4 is 5.32 Å². The van der Waals surface area contributed by atoms with Crippen molar-refractivity contribution in [2.45, 2.75) is 6.92 Å². The zero-order chi connectivity index (χ0) is 8.69. The first-order valence-electron chi connectivity index (χ1n) is 3.89. The SMILES string of the molecule is C=C(C=CC)N(C)CCNC. The second-order valence-corrected chi connectivity index (χ2v) is 2.52. The van der Waals surface area contributed by atoms with E-state index in [1.165, 1.54) is 0 Å². The summed E-state index contributed by atoms with van der Waals surface area (Å²) in [6.07, 6.45) is 4.01. The lowest BCUT2D eigenvalue weighted by Crippen LogP contribution is -2.25. The molecule has 0 atom stereocenters. The third-order valence-electron chi connectivity index (χ3n) is 1.55. The van der Waals surface area contributed by atoms with E-state index in [0.29, 0.717) is 0 Å². The van der Waals surface area contributed by atoms with Crippen molar-refractivity contribution in [2.75, 3.05) is 27.2 Å². The number of allylic oxidation sites excluding steroid dienone is 2. The van der Waals surface area contributed by atoms with Crippen LogP contribution in [0.4, 0.5) is 0 Å². The molecule has 11 heavy (non-hydrogen) atoms. The summed E-state index contributed by atoms with van der Waals surface area (Å²) in [6, 6.07) is 0. The van der Waals surface area contributed by atoms with Crippen molar-refractivity contribution in [3.05, 3.63) is 24.4 Å². The van der Waals surface area contributed by atoms with Gasteiger partial charge in [0.25, 0.3) is 0 Å². The standard InChI is InChI=1S/C9H18N2/c1-5-6-9(2)11(4)8-7-10-3/h5-6,10H,2,7-8H2,1,3-4H3. The molecule has 0 fully saturated rings. The smallest absolute Gasteiger partial charge is 0.0299 e. The van der Waals surface area contributed by atoms with Gasteiger partial charge in [0.1, 0.15) is 0 Å². The van der Waals surface area contributed by atoms with Crippen molar-refractivity contribution < 1.29 is 0 Å². The fraction of sp³-hybridized carbons (Fsp3) is 0.556. The highest BCUT2D eigenvalue weighted by Crippen LogP contribution is 1.97. The van der Waals surface area contributed by atoms with E-state index in [-0.39, 0.29) is 0 Å². The monoisotopic (exact) mass is 154 g/mol. The van der Waals surface area contributed by atoms with Gasteiger partial charge in [0.05, 0.1) is 0 Å². The van der Waals surface area contributed by atoms with Crippen molar-refractivity contribution in [1.29, 1.82) is 0 Å². The molecule has 2 nitrogen and oxygen atoms in total. The van der Waals surface area contributed by atoms with Crippen molar-refractivity contribution in [3.63, 3.8) is 0 Å². The fourth-order valence-electron chi connectivity index (χ4n) is 0.743. The van der Waals surface area contributed by atoms with Gasteiger partial charge in [-0.3, -0.25) is 0 Å². The summed E-state index contributed by atoms with van der Waals surface area (Å²) in [7, 11) is 3.99. The molecule has 0 bridgehead atoms. The maximum Gasteiger partial charge on any atom is 0.0299 e. The van der Waals surface area contributed by atoms with Crippen LogP contribution in [-0.2, 0) is 0 Å². The number of rotatable bonds is 5. The van der Waals surface area contributed by atoms with Crippen molar-refractivity contribution in [3.8, 4) is 0 Å². The van der Waals surface area contributed by atoms with Crippen LogP contribution >= 0.6 is 0 Å². The van der Waals surface area contributed by atoms with E-state index in [4.69, 9.17) is 0 Å². The van der Waals surface area contributed by atoms with Crippen LogP contribution in [0.3, 0.4) is 0 Å². The van der Waals surface area contributed by atoms with Gasteiger partial charge in [0, 0.05) is 25.8 Å². The van der Waals surface area contributed by atoms with Crippen molar-refractivity contribution in [1.82, 2.24) is 10.2 Å². The van der Waals surface area contributed by atoms with E-state index in [1.54, 1.807) is 0 Å². The predicted molar refractivity (Wildman–Crippen MR) is 50.5 cm³/mol. The summed E-state index contributed by atoms with van der Waals surface area (Å²) in [5.41, 5.74) is 1.06. The van der Waals surface area contributed by atoms with Crippen LogP contribution in [-0.4, -0.2) is 32.1 Å². The molecule has 0 amide bonds. The molecule has 0 aromatic rings. The average Bonchev–Trinajstić information content (AvgIpc) is 2.00. The van der Waals surface area contributed by atoms with E-state index in [9.17, 15) is 0 Å². The maximum absolute atomic E-state index is 3.91. The van der Waals surface area contributed by atoms with Gasteiger partial charge < -0.3 is 10.2 Å². The van der Waals surface area contributed by atoms with Crippen LogP contribution in [0.1, 0.15) is 6.92 Å². The van der Waals surface area contributed by atoms with E-state index in [2.05, 4.69) is 16.8 Å². The molecule has 0 rings (SSSR count). The number of nitrogens with one attached hydrogen (secondary N) is 1. The average molecular weight is 154 g/mol. The topological polar surface area (TPSA) is 15.3 Å². The molecule has 0 aliphatic heterocycles. The minimum Gasteiger partial charge on any atom is -0.374 e. The fourth-order valence-corrected chi connectivity index (χ4v) is 0.743. The second kappa shape index (κ2) is 5.98. The molecule has 0 saturated heterocycles. The van der Waals surface area contributed by atoms with Gasteiger partial charge in [-0.1, -0.05) is 12.7 Å². The molecule has 2 heteroatoms. The van der Waals surface area contributed by atoms with Gasteiger partial charge in [-0.15, -0.1) is 0 Å². The van der Waals surface area contributed by atoms with Gasteiger partial charge in [0.2, 0.25) is 0 Å². The molecule has 0 spiro atoms. The Balaban J connectivity index is 3.64. The minimum absolute atomic E-state index is 0.993. The van der Waals surface area contributed by atoms with Crippen LogP contribution in [0, 0.1) is 0 Å². The Labute approximate surface area is 69.6 Å². The molecule has 0 aromatic heterocycles. The van der Waals surface area contributed by atoms with Crippen LogP contribution in [0.2, 0.25) is 0 Å². The Bertz CT molecular complexity index is 138. The van der Waals surface area contributed by atoms with E-state index >= 15 is 0 Å². The van der Waals surface area contributed by atoms with Gasteiger partial charge in [-0.2, -0.15) is 0 Å². The molecule has 0 aliphatic rings. The first-order chi connectivity index (χ1) is 5.22. The third kappa shape index (κ3) is 4.62. The molecule has 0 aliphatic carbocycles. The summed E-state index contributed by atoms with van der Waals surface area (Å²) in [6.45, 7) is 7.90. The molecule has 0 aromatic carbocycles. The highest BCUT2D eigenvalue weighted by Gasteiger charge is 1.95. The van der Waals surface area contributed by atoms with E-state index < -0.39 is 0 Å². The first kappa shape index (κ1) is 10.2. The normalized spacial score (nSPS) is 10.5. The second-order valence-electron chi connectivity index (χ2n) is 2.52. The zero-order valence-corrected chi connectivity index (χ0v) is 7.72. The lowest BCUT2D eigenvalue weighted by Gasteiger charge is -2.18. The van der Waals surface area contributed by atoms with E-state index in [0.717, 1.165) is 18.8 Å². The summed E-state index contributed by atoms with van der Waals surface area (Å²) in [4.78, 5) is 2.12. The van der Waals surface area contributed by atoms with Crippen LogP contribution in [0.5, 0.6) is 0 Å². The minimum atomic E-state index is 0.993. The lowest BCUT2D eigenvalue weighted by atomic mass is 10.4. The number of hydrogen-bond donors (Lipinski definition) is 1. The van der Waals surface area contributed by atoms with Gasteiger partial charge in [-0.25, -0.2) is 0 Å². The lowest BCUT2D eigenvalue weighted by molar-refractivity contribution is 0.429. The quantitative estimate of drug-likeness (QED) is 0.599. The Kier molecular flexibility index (Phi) is 5.57. The molecular weight excluding hydrogens is 136 g/mol. The molecule has 1 N–H and O–H groups in total. The van der Waals surface area contributed by atoms with Crippen molar-refractivity contribution >= 4 is 0 Å². The van der Waals surface area contributed by atoms with Crippen LogP contribution in [0.25, 0.3) is 0 Å². The maximum atomic E-state index is 3.91. The van der Waals surface area contributed by atoms with Gasteiger partial charge in [0.15, 0.2) is 0 Å². The van der Waals surface area contributed by atoms with Crippen molar-refractivity contribution in [2.24, 2.45) is 0 Å². The molecule has 64 valence electrons. The zero-order valence-electron chi connectivity index (χ0n) is 7.72. The highest BCUT2D eigenvalue weighted by atomic mass is 15.1. The van der Waals surface area contributed by atoms with E-state index in [1.807, 2.05) is 33.2 Å². The Morgan fingerprint density at radius 1 is 1.64 bits per heavy atom. The number of nitrogens with zero attached hydrogens (tertiary/aromatic N) is 1. The Morgan fingerprint density at radius 2 is 2.27 bits per heavy atom. The largest absolute Gasteiger partial charge is 0.374 e. The molecule has 0 unspecified atom stereocenters. The molecular formula is C9H18N2. The predicted octanol–water partition coefficient (Wildman–Crippen LogP) is 1.23. The molecule has 0 radical (unpaired) electrons. The summed E-state index contributed by atoms with van der Waals surface area (Å²) >= 11 is 0. The Hall–Kier alpha value is -0.760. The third-order valence-corrected chi connectivity index (χ3v) is 1.55. The highest BCUT2D eigenvalue weighted by molar-refractivity contribution is 5.11. The summed E-state index contributed by atoms with van der Waals surface area (Å²) in [5, 5.41) is 3.09. The molecule has 0 heterocycles. The van der Waals surface area contributed by atoms with Gasteiger partial charge >= 0.3 is 0 Å². The Morgan fingerprint density at radius 3 is 2.73 bits per heavy atom. The molecule has 0 saturated carbocycles. The first-order valence-corrected chi connectivity index (χ1v) is 3.89. The summed E-state index contributed by atoms with van der Waals surface area (Å²) in [5.74, 6) is 0. The number of likely N-dealkylation sites (N-methyl/N-ethyl adjacent to an activating group) is 2. The summed E-state index contributed by atoms with van der Waals surface area (Å²) < 4.78 is 0. The van der Waals surface area contributed by atoms with Gasteiger partial charge in [-0.05, 0) is 20.0 Å². The number of hydrogen-bond acceptors (Lipinski definition) is 2.